The van der Waals surface area contributed by atoms with Gasteiger partial charge in [0.15, 0.2) is 6.61 Å². The number of nitro groups is 1. The zero-order valence-electron chi connectivity index (χ0n) is 22.6. The number of carbonyl (C=O) groups excluding carboxylic acids is 4. The van der Waals surface area contributed by atoms with Crippen LogP contribution in [0.4, 0.5) is 17.1 Å². The first-order valence-corrected chi connectivity index (χ1v) is 13.6. The van der Waals surface area contributed by atoms with Crippen LogP contribution >= 0.6 is 0 Å². The van der Waals surface area contributed by atoms with Gasteiger partial charge in [0.25, 0.3) is 11.6 Å². The molecule has 11 heteroatoms. The minimum absolute atomic E-state index is 0.0991. The van der Waals surface area contributed by atoms with E-state index in [4.69, 9.17) is 9.47 Å². The van der Waals surface area contributed by atoms with Gasteiger partial charge >= 0.3 is 5.97 Å². The molecular formula is C31H27N3O8. The number of anilines is 2. The van der Waals surface area contributed by atoms with Crippen molar-refractivity contribution >= 4 is 40.8 Å². The van der Waals surface area contributed by atoms with Crippen LogP contribution in [0.3, 0.4) is 0 Å². The average Bonchev–Trinajstić information content (AvgIpc) is 3.67. The summed E-state index contributed by atoms with van der Waals surface area (Å²) >= 11 is 0. The fourth-order valence-corrected chi connectivity index (χ4v) is 6.85. The van der Waals surface area contributed by atoms with Crippen molar-refractivity contribution in [2.24, 2.45) is 23.7 Å². The largest absolute Gasteiger partial charge is 0.497 e. The second-order valence-corrected chi connectivity index (χ2v) is 10.8. The summed E-state index contributed by atoms with van der Waals surface area (Å²) in [5.74, 6) is -1.77. The Kier molecular flexibility index (Phi) is 6.93. The molecule has 5 atom stereocenters. The molecule has 3 aromatic carbocycles. The molecule has 1 N–H and O–H groups in total. The summed E-state index contributed by atoms with van der Waals surface area (Å²) in [6, 6.07) is 19.9. The highest BCUT2D eigenvalue weighted by Crippen LogP contribution is 2.61. The average molecular weight is 570 g/mol. The molecule has 0 aromatic heterocycles. The molecule has 3 aliphatic rings. The Morgan fingerprint density at radius 2 is 1.69 bits per heavy atom. The molecule has 214 valence electrons. The van der Waals surface area contributed by atoms with E-state index in [1.807, 2.05) is 18.2 Å². The van der Waals surface area contributed by atoms with E-state index in [-0.39, 0.29) is 58.3 Å². The second-order valence-electron chi connectivity index (χ2n) is 10.8. The molecule has 3 aromatic rings. The van der Waals surface area contributed by atoms with Crippen molar-refractivity contribution in [3.05, 3.63) is 94.0 Å². The van der Waals surface area contributed by atoms with Crippen molar-refractivity contribution in [2.45, 2.75) is 18.8 Å². The molecule has 0 unspecified atom stereocenters. The summed E-state index contributed by atoms with van der Waals surface area (Å²) in [4.78, 5) is 63.7. The predicted octanol–water partition coefficient (Wildman–Crippen LogP) is 4.33. The van der Waals surface area contributed by atoms with Crippen LogP contribution in [0.25, 0.3) is 0 Å². The minimum atomic E-state index is -0.809. The number of nitrogens with one attached hydrogen (secondary N) is 1. The lowest BCUT2D eigenvalue weighted by Gasteiger charge is -2.28. The number of benzene rings is 3. The van der Waals surface area contributed by atoms with Gasteiger partial charge in [-0.2, -0.15) is 0 Å². The third-order valence-corrected chi connectivity index (χ3v) is 8.61. The maximum Gasteiger partial charge on any atom is 0.338 e. The predicted molar refractivity (Wildman–Crippen MR) is 150 cm³/mol. The molecule has 3 amide bonds. The molecule has 2 aliphatic carbocycles. The van der Waals surface area contributed by atoms with Crippen molar-refractivity contribution in [1.29, 1.82) is 0 Å². The highest BCUT2D eigenvalue weighted by molar-refractivity contribution is 6.22. The molecule has 1 saturated heterocycles. The number of amides is 3. The van der Waals surface area contributed by atoms with Crippen molar-refractivity contribution in [3.8, 4) is 5.75 Å². The third kappa shape index (κ3) is 4.66. The van der Waals surface area contributed by atoms with Crippen LogP contribution in [0.1, 0.15) is 34.7 Å². The fourth-order valence-electron chi connectivity index (χ4n) is 6.85. The number of nitro benzene ring substituents is 1. The Bertz CT molecular complexity index is 1590. The number of hydrogen-bond donors (Lipinski definition) is 1. The van der Waals surface area contributed by atoms with E-state index in [0.29, 0.717) is 11.4 Å². The van der Waals surface area contributed by atoms with Gasteiger partial charge in [-0.05, 0) is 66.5 Å². The second kappa shape index (κ2) is 10.7. The van der Waals surface area contributed by atoms with Gasteiger partial charge in [0.2, 0.25) is 11.8 Å². The number of imide groups is 1. The Morgan fingerprint density at radius 1 is 0.976 bits per heavy atom. The van der Waals surface area contributed by atoms with Crippen LogP contribution in [0.2, 0.25) is 0 Å². The first-order chi connectivity index (χ1) is 20.3. The molecule has 0 spiro atoms. The topological polar surface area (TPSA) is 145 Å². The molecule has 3 fully saturated rings. The zero-order chi connectivity index (χ0) is 29.5. The molecule has 6 rings (SSSR count). The maximum absolute atomic E-state index is 13.5. The van der Waals surface area contributed by atoms with E-state index < -0.39 is 23.4 Å². The normalized spacial score (nSPS) is 23.9. The van der Waals surface area contributed by atoms with Gasteiger partial charge in [0.05, 0.1) is 35.1 Å². The van der Waals surface area contributed by atoms with Gasteiger partial charge in [0.1, 0.15) is 11.4 Å². The SMILES string of the molecule is COc1ccc([N+](=O)[O-])c(NC(=O)COC(=O)c2ccc(N3C(=O)[C@@H]4[C@@H]5C[C@@H]([C@@H]4C3=O)[C@@H](c3ccccc3)C5)cc2)c1. The summed E-state index contributed by atoms with van der Waals surface area (Å²) in [5.41, 5.74) is 1.26. The number of ether oxygens (including phenoxy) is 2. The quantitative estimate of drug-likeness (QED) is 0.183. The first kappa shape index (κ1) is 27.1. The van der Waals surface area contributed by atoms with Gasteiger partial charge < -0.3 is 14.8 Å². The van der Waals surface area contributed by atoms with Crippen LogP contribution in [-0.4, -0.2) is 42.3 Å². The van der Waals surface area contributed by atoms with Gasteiger partial charge in [-0.25, -0.2) is 4.79 Å². The number of rotatable bonds is 8. The summed E-state index contributed by atoms with van der Waals surface area (Å²) < 4.78 is 10.1. The first-order valence-electron chi connectivity index (χ1n) is 13.6. The third-order valence-electron chi connectivity index (χ3n) is 8.61. The van der Waals surface area contributed by atoms with Crippen LogP contribution in [0.5, 0.6) is 5.75 Å². The number of esters is 1. The summed E-state index contributed by atoms with van der Waals surface area (Å²) in [7, 11) is 1.38. The highest BCUT2D eigenvalue weighted by Gasteiger charge is 2.64. The lowest BCUT2D eigenvalue weighted by atomic mass is 9.73. The molecule has 11 nitrogen and oxygen atoms in total. The lowest BCUT2D eigenvalue weighted by Crippen LogP contribution is -2.33. The van der Waals surface area contributed by atoms with Crippen molar-refractivity contribution in [3.63, 3.8) is 0 Å². The lowest BCUT2D eigenvalue weighted by molar-refractivity contribution is -0.383. The summed E-state index contributed by atoms with van der Waals surface area (Å²) in [6.45, 7) is -0.688. The summed E-state index contributed by atoms with van der Waals surface area (Å²) in [6.07, 6.45) is 1.77. The van der Waals surface area contributed by atoms with Crippen LogP contribution in [-0.2, 0) is 19.1 Å². The number of methoxy groups -OCH3 is 1. The highest BCUT2D eigenvalue weighted by atomic mass is 16.6. The molecule has 2 bridgehead atoms. The Balaban J connectivity index is 1.09. The fraction of sp³-hybridized carbons (Fsp3) is 0.290. The number of hydrogen-bond acceptors (Lipinski definition) is 8. The van der Waals surface area contributed by atoms with Crippen molar-refractivity contribution < 1.29 is 33.6 Å². The maximum atomic E-state index is 13.5. The van der Waals surface area contributed by atoms with E-state index in [1.54, 1.807) is 0 Å². The number of fused-ring (bicyclic) bond motifs is 5. The van der Waals surface area contributed by atoms with Gasteiger partial charge in [-0.1, -0.05) is 30.3 Å². The molecule has 2 saturated carbocycles. The van der Waals surface area contributed by atoms with Gasteiger partial charge in [0, 0.05) is 12.1 Å². The number of nitrogens with zero attached hydrogens (tertiary/aromatic N) is 2. The van der Waals surface area contributed by atoms with Crippen molar-refractivity contribution in [1.82, 2.24) is 0 Å². The Labute approximate surface area is 240 Å². The van der Waals surface area contributed by atoms with Crippen LogP contribution in [0, 0.1) is 33.8 Å². The molecule has 1 aliphatic heterocycles. The van der Waals surface area contributed by atoms with E-state index in [9.17, 15) is 29.3 Å². The van der Waals surface area contributed by atoms with Crippen LogP contribution in [0.15, 0.2) is 72.8 Å². The monoisotopic (exact) mass is 569 g/mol. The summed E-state index contributed by atoms with van der Waals surface area (Å²) in [5, 5.41) is 13.6. The van der Waals surface area contributed by atoms with E-state index in [2.05, 4.69) is 17.4 Å². The molecular weight excluding hydrogens is 542 g/mol. The van der Waals surface area contributed by atoms with E-state index in [0.717, 1.165) is 12.8 Å². The molecule has 42 heavy (non-hydrogen) atoms. The minimum Gasteiger partial charge on any atom is -0.497 e. The Morgan fingerprint density at radius 3 is 2.38 bits per heavy atom. The number of carbonyl (C=O) groups is 4. The molecule has 1 heterocycles. The standard InChI is InChI=1S/C31H27N3O8/c1-41-21-11-12-25(34(39)40)24(15-21)32-26(35)16-42-31(38)18-7-9-20(10-8-18)33-29(36)27-19-13-22(17-5-3-2-4-6-17)23(14-19)28(27)30(33)37/h2-12,15,19,22-23,27-28H,13-14,16H2,1H3,(H,32,35)/t19-,22+,23+,27+,28-/m0/s1. The van der Waals surface area contributed by atoms with Crippen molar-refractivity contribution in [2.75, 3.05) is 23.9 Å². The Hall–Kier alpha value is -5.06. The zero-order valence-corrected chi connectivity index (χ0v) is 22.6. The van der Waals surface area contributed by atoms with E-state index >= 15 is 0 Å². The van der Waals surface area contributed by atoms with Crippen LogP contribution < -0.4 is 15.0 Å². The van der Waals surface area contributed by atoms with E-state index in [1.165, 1.54) is 60.0 Å². The van der Waals surface area contributed by atoms with Gasteiger partial charge in [-0.3, -0.25) is 29.4 Å². The molecule has 0 radical (unpaired) electrons. The van der Waals surface area contributed by atoms with Gasteiger partial charge in [-0.15, -0.1) is 0 Å². The smallest absolute Gasteiger partial charge is 0.338 e.